The summed E-state index contributed by atoms with van der Waals surface area (Å²) in [7, 11) is 4.10. The van der Waals surface area contributed by atoms with E-state index in [1.165, 1.54) is 5.56 Å². The molecule has 1 fully saturated rings. The van der Waals surface area contributed by atoms with Gasteiger partial charge in [0.25, 0.3) is 0 Å². The number of amides is 2. The molecular formula is C21H33N3O2. The minimum atomic E-state index is -0.353. The molecule has 2 amide bonds. The minimum Gasteiger partial charge on any atom is -0.352 e. The molecule has 1 N–H and O–H groups in total. The van der Waals surface area contributed by atoms with Crippen molar-refractivity contribution in [2.75, 3.05) is 27.2 Å². The predicted octanol–water partition coefficient (Wildman–Crippen LogP) is 2.65. The molecule has 0 aliphatic carbocycles. The largest absolute Gasteiger partial charge is 0.352 e. The lowest BCUT2D eigenvalue weighted by Crippen LogP contribution is -2.46. The SMILES string of the molecule is CN(C)Cc1ccc(CNC(=O)C2CCN(C(=O)C(C)(C)C)CC2)cc1. The Kier molecular flexibility index (Phi) is 6.81. The molecule has 26 heavy (non-hydrogen) atoms. The van der Waals surface area contributed by atoms with Gasteiger partial charge in [0.15, 0.2) is 0 Å². The zero-order valence-corrected chi connectivity index (χ0v) is 16.8. The first-order valence-corrected chi connectivity index (χ1v) is 9.46. The molecule has 1 aromatic carbocycles. The van der Waals surface area contributed by atoms with Gasteiger partial charge in [0.1, 0.15) is 0 Å². The third-order valence-electron chi connectivity index (χ3n) is 4.78. The van der Waals surface area contributed by atoms with Crippen molar-refractivity contribution in [2.45, 2.75) is 46.7 Å². The first kappa shape index (κ1) is 20.4. The number of likely N-dealkylation sites (tertiary alicyclic amines) is 1. The van der Waals surface area contributed by atoms with E-state index in [1.54, 1.807) is 0 Å². The van der Waals surface area contributed by atoms with E-state index in [2.05, 4.69) is 48.6 Å². The molecule has 0 radical (unpaired) electrons. The maximum Gasteiger partial charge on any atom is 0.227 e. The second-order valence-electron chi connectivity index (χ2n) is 8.59. The maximum atomic E-state index is 12.4. The Hall–Kier alpha value is -1.88. The van der Waals surface area contributed by atoms with Gasteiger partial charge in [-0.05, 0) is 38.1 Å². The van der Waals surface area contributed by atoms with Gasteiger partial charge < -0.3 is 15.1 Å². The fraction of sp³-hybridized carbons (Fsp3) is 0.619. The Morgan fingerprint density at radius 3 is 2.12 bits per heavy atom. The number of carbonyl (C=O) groups excluding carboxylic acids is 2. The summed E-state index contributed by atoms with van der Waals surface area (Å²) in [6.07, 6.45) is 1.49. The lowest BCUT2D eigenvalue weighted by Gasteiger charge is -2.35. The zero-order chi connectivity index (χ0) is 19.3. The van der Waals surface area contributed by atoms with E-state index in [1.807, 2.05) is 25.7 Å². The predicted molar refractivity (Wildman–Crippen MR) is 104 cm³/mol. The highest BCUT2D eigenvalue weighted by molar-refractivity contribution is 5.82. The van der Waals surface area contributed by atoms with Crippen LogP contribution in [0.25, 0.3) is 0 Å². The summed E-state index contributed by atoms with van der Waals surface area (Å²) < 4.78 is 0. The molecule has 144 valence electrons. The molecule has 1 heterocycles. The molecule has 0 unspecified atom stereocenters. The fourth-order valence-electron chi connectivity index (χ4n) is 3.28. The summed E-state index contributed by atoms with van der Waals surface area (Å²) in [5.74, 6) is 0.284. The van der Waals surface area contributed by atoms with Gasteiger partial charge in [-0.2, -0.15) is 0 Å². The third kappa shape index (κ3) is 5.84. The Bertz CT molecular complexity index is 609. The Morgan fingerprint density at radius 1 is 1.08 bits per heavy atom. The van der Waals surface area contributed by atoms with Crippen LogP contribution in [0.4, 0.5) is 0 Å². The summed E-state index contributed by atoms with van der Waals surface area (Å²) in [5, 5.41) is 3.05. The topological polar surface area (TPSA) is 52.7 Å². The molecule has 1 aromatic rings. The quantitative estimate of drug-likeness (QED) is 0.879. The molecule has 5 nitrogen and oxygen atoms in total. The van der Waals surface area contributed by atoms with Gasteiger partial charge in [-0.25, -0.2) is 0 Å². The van der Waals surface area contributed by atoms with Gasteiger partial charge in [0, 0.05) is 37.5 Å². The van der Waals surface area contributed by atoms with E-state index in [0.717, 1.165) is 24.9 Å². The number of hydrogen-bond acceptors (Lipinski definition) is 3. The van der Waals surface area contributed by atoms with Gasteiger partial charge >= 0.3 is 0 Å². The summed E-state index contributed by atoms with van der Waals surface area (Å²) in [6.45, 7) is 8.65. The van der Waals surface area contributed by atoms with E-state index in [-0.39, 0.29) is 23.1 Å². The van der Waals surface area contributed by atoms with Crippen molar-refractivity contribution in [1.29, 1.82) is 0 Å². The van der Waals surface area contributed by atoms with Crippen LogP contribution < -0.4 is 5.32 Å². The Balaban J connectivity index is 1.78. The molecule has 0 saturated carbocycles. The van der Waals surface area contributed by atoms with Crippen LogP contribution in [0.1, 0.15) is 44.7 Å². The first-order chi connectivity index (χ1) is 12.2. The van der Waals surface area contributed by atoms with Gasteiger partial charge in [-0.1, -0.05) is 45.0 Å². The van der Waals surface area contributed by atoms with Crippen LogP contribution in [0.5, 0.6) is 0 Å². The normalized spacial score (nSPS) is 16.0. The van der Waals surface area contributed by atoms with Crippen molar-refractivity contribution >= 4 is 11.8 Å². The second kappa shape index (κ2) is 8.67. The van der Waals surface area contributed by atoms with Gasteiger partial charge in [0.2, 0.25) is 11.8 Å². The van der Waals surface area contributed by atoms with E-state index in [9.17, 15) is 9.59 Å². The monoisotopic (exact) mass is 359 g/mol. The van der Waals surface area contributed by atoms with Crippen molar-refractivity contribution < 1.29 is 9.59 Å². The summed E-state index contributed by atoms with van der Waals surface area (Å²) in [5.41, 5.74) is 2.02. The zero-order valence-electron chi connectivity index (χ0n) is 16.8. The summed E-state index contributed by atoms with van der Waals surface area (Å²) in [6, 6.07) is 8.36. The van der Waals surface area contributed by atoms with Crippen molar-refractivity contribution in [3.63, 3.8) is 0 Å². The summed E-state index contributed by atoms with van der Waals surface area (Å²) in [4.78, 5) is 28.8. The highest BCUT2D eigenvalue weighted by atomic mass is 16.2. The van der Waals surface area contributed by atoms with Gasteiger partial charge in [-0.15, -0.1) is 0 Å². The first-order valence-electron chi connectivity index (χ1n) is 9.46. The van der Waals surface area contributed by atoms with Crippen molar-refractivity contribution in [2.24, 2.45) is 11.3 Å². The molecule has 0 spiro atoms. The number of rotatable bonds is 5. The molecule has 1 saturated heterocycles. The number of hydrogen-bond donors (Lipinski definition) is 1. The second-order valence-corrected chi connectivity index (χ2v) is 8.59. The van der Waals surface area contributed by atoms with Crippen molar-refractivity contribution in [3.8, 4) is 0 Å². The molecule has 1 aliphatic heterocycles. The average molecular weight is 360 g/mol. The van der Waals surface area contributed by atoms with Gasteiger partial charge in [-0.3, -0.25) is 9.59 Å². The fourth-order valence-corrected chi connectivity index (χ4v) is 3.28. The molecule has 1 aliphatic rings. The maximum absolute atomic E-state index is 12.4. The van der Waals surface area contributed by atoms with E-state index < -0.39 is 0 Å². The lowest BCUT2D eigenvalue weighted by molar-refractivity contribution is -0.142. The van der Waals surface area contributed by atoms with Crippen LogP contribution in [0.3, 0.4) is 0 Å². The molecule has 2 rings (SSSR count). The van der Waals surface area contributed by atoms with Crippen LogP contribution in [-0.2, 0) is 22.7 Å². The van der Waals surface area contributed by atoms with E-state index in [4.69, 9.17) is 0 Å². The third-order valence-corrected chi connectivity index (χ3v) is 4.78. The Morgan fingerprint density at radius 2 is 1.62 bits per heavy atom. The number of carbonyl (C=O) groups is 2. The smallest absolute Gasteiger partial charge is 0.227 e. The van der Waals surface area contributed by atoms with E-state index >= 15 is 0 Å². The standard InChI is InChI=1S/C21H33N3O2/c1-21(2,3)20(26)24-12-10-18(11-13-24)19(25)22-14-16-6-8-17(9-7-16)15-23(4)5/h6-9,18H,10-15H2,1-5H3,(H,22,25). The molecular weight excluding hydrogens is 326 g/mol. The van der Waals surface area contributed by atoms with Crippen LogP contribution in [0.15, 0.2) is 24.3 Å². The molecule has 5 heteroatoms. The van der Waals surface area contributed by atoms with Crippen molar-refractivity contribution in [3.05, 3.63) is 35.4 Å². The Labute approximate surface area is 157 Å². The lowest BCUT2D eigenvalue weighted by atomic mass is 9.90. The number of benzene rings is 1. The molecule has 0 aromatic heterocycles. The number of piperidine rings is 1. The minimum absolute atomic E-state index is 0.00651. The molecule has 0 atom stereocenters. The average Bonchev–Trinajstić information content (AvgIpc) is 2.59. The van der Waals surface area contributed by atoms with Crippen LogP contribution in [0.2, 0.25) is 0 Å². The highest BCUT2D eigenvalue weighted by Crippen LogP contribution is 2.23. The molecule has 0 bridgehead atoms. The van der Waals surface area contributed by atoms with E-state index in [0.29, 0.717) is 19.6 Å². The number of nitrogens with one attached hydrogen (secondary N) is 1. The highest BCUT2D eigenvalue weighted by Gasteiger charge is 2.32. The van der Waals surface area contributed by atoms with Gasteiger partial charge in [0.05, 0.1) is 0 Å². The number of nitrogens with zero attached hydrogens (tertiary/aromatic N) is 2. The van der Waals surface area contributed by atoms with Crippen LogP contribution in [-0.4, -0.2) is 48.8 Å². The van der Waals surface area contributed by atoms with Crippen molar-refractivity contribution in [1.82, 2.24) is 15.1 Å². The van der Waals surface area contributed by atoms with Crippen LogP contribution >= 0.6 is 0 Å². The van der Waals surface area contributed by atoms with Crippen LogP contribution in [0, 0.1) is 11.3 Å². The summed E-state index contributed by atoms with van der Waals surface area (Å²) >= 11 is 0.